The zero-order chi connectivity index (χ0) is 10.2. The van der Waals surface area contributed by atoms with Gasteiger partial charge in [0, 0.05) is 25.8 Å². The minimum absolute atomic E-state index is 0. The van der Waals surface area contributed by atoms with Gasteiger partial charge in [-0.2, -0.15) is 0 Å². The Balaban J connectivity index is 0.00000196. The monoisotopic (exact) mass is 233 g/mol. The molecule has 0 fully saturated rings. The van der Waals surface area contributed by atoms with Crippen molar-refractivity contribution in [1.82, 2.24) is 5.32 Å². The minimum Gasteiger partial charge on any atom is -0.385 e. The Morgan fingerprint density at radius 2 is 2.07 bits per heavy atom. The van der Waals surface area contributed by atoms with Crippen LogP contribution in [0.25, 0.3) is 0 Å². The van der Waals surface area contributed by atoms with Crippen LogP contribution in [-0.4, -0.2) is 20.3 Å². The third-order valence-corrected chi connectivity index (χ3v) is 1.98. The van der Waals surface area contributed by atoms with Gasteiger partial charge in [0.15, 0.2) is 0 Å². The van der Waals surface area contributed by atoms with E-state index in [0.29, 0.717) is 12.1 Å². The maximum atomic E-state index is 13.1. The molecule has 1 N–H and O–H groups in total. The molecule has 0 aliphatic rings. The van der Waals surface area contributed by atoms with E-state index in [1.807, 2.05) is 6.07 Å². The third-order valence-electron chi connectivity index (χ3n) is 1.98. The lowest BCUT2D eigenvalue weighted by molar-refractivity contribution is 0.194. The normalized spacial score (nSPS) is 9.73. The zero-order valence-corrected chi connectivity index (χ0v) is 9.65. The summed E-state index contributed by atoms with van der Waals surface area (Å²) in [7, 11) is 1.68. The fourth-order valence-electron chi connectivity index (χ4n) is 1.21. The maximum absolute atomic E-state index is 13.1. The van der Waals surface area contributed by atoms with Crippen molar-refractivity contribution in [2.75, 3.05) is 20.3 Å². The van der Waals surface area contributed by atoms with Crippen molar-refractivity contribution >= 4 is 12.4 Å². The number of nitrogens with one attached hydrogen (secondary N) is 1. The van der Waals surface area contributed by atoms with Gasteiger partial charge < -0.3 is 10.1 Å². The highest BCUT2D eigenvalue weighted by molar-refractivity contribution is 5.85. The molecular weight excluding hydrogens is 217 g/mol. The molecule has 86 valence electrons. The number of hydrogen-bond donors (Lipinski definition) is 1. The second-order valence-corrected chi connectivity index (χ2v) is 3.11. The average Bonchev–Trinajstić information content (AvgIpc) is 2.20. The molecule has 0 aromatic heterocycles. The summed E-state index contributed by atoms with van der Waals surface area (Å²) in [6.45, 7) is 2.17. The van der Waals surface area contributed by atoms with E-state index in [1.165, 1.54) is 6.07 Å². The lowest BCUT2D eigenvalue weighted by atomic mass is 10.2. The number of rotatable bonds is 6. The van der Waals surface area contributed by atoms with Crippen LogP contribution < -0.4 is 5.32 Å². The van der Waals surface area contributed by atoms with Crippen LogP contribution in [0.15, 0.2) is 24.3 Å². The molecule has 4 heteroatoms. The third kappa shape index (κ3) is 5.72. The molecule has 0 bridgehead atoms. The van der Waals surface area contributed by atoms with Gasteiger partial charge in [-0.15, -0.1) is 12.4 Å². The number of ether oxygens (including phenoxy) is 1. The fraction of sp³-hybridized carbons (Fsp3) is 0.455. The summed E-state index contributed by atoms with van der Waals surface area (Å²) in [6.07, 6.45) is 0.949. The predicted molar refractivity (Wildman–Crippen MR) is 61.8 cm³/mol. The van der Waals surface area contributed by atoms with Gasteiger partial charge in [0.1, 0.15) is 5.82 Å². The van der Waals surface area contributed by atoms with Crippen molar-refractivity contribution in [3.05, 3.63) is 35.6 Å². The van der Waals surface area contributed by atoms with Crippen LogP contribution >= 0.6 is 12.4 Å². The lowest BCUT2D eigenvalue weighted by Crippen LogP contribution is -2.16. The Labute approximate surface area is 96.2 Å². The van der Waals surface area contributed by atoms with Crippen LogP contribution in [0.5, 0.6) is 0 Å². The second-order valence-electron chi connectivity index (χ2n) is 3.11. The highest BCUT2D eigenvalue weighted by Gasteiger charge is 1.98. The topological polar surface area (TPSA) is 21.3 Å². The average molecular weight is 234 g/mol. The van der Waals surface area contributed by atoms with E-state index in [4.69, 9.17) is 4.74 Å². The van der Waals surface area contributed by atoms with Gasteiger partial charge in [0.05, 0.1) is 0 Å². The van der Waals surface area contributed by atoms with Crippen LogP contribution in [0.4, 0.5) is 4.39 Å². The first-order chi connectivity index (χ1) is 6.84. The van der Waals surface area contributed by atoms with Crippen LogP contribution in [0.1, 0.15) is 12.0 Å². The zero-order valence-electron chi connectivity index (χ0n) is 8.83. The highest BCUT2D eigenvalue weighted by Crippen LogP contribution is 2.05. The van der Waals surface area contributed by atoms with Gasteiger partial charge in [-0.1, -0.05) is 18.2 Å². The molecule has 0 heterocycles. The van der Waals surface area contributed by atoms with Crippen molar-refractivity contribution < 1.29 is 9.13 Å². The molecule has 0 amide bonds. The highest BCUT2D eigenvalue weighted by atomic mass is 35.5. The summed E-state index contributed by atoms with van der Waals surface area (Å²) in [5.74, 6) is -0.147. The summed E-state index contributed by atoms with van der Waals surface area (Å²) in [5.41, 5.74) is 0.713. The Kier molecular flexibility index (Phi) is 8.28. The molecule has 1 rings (SSSR count). The SMILES string of the molecule is COCCCNCc1ccccc1F.Cl. The molecule has 0 saturated heterocycles. The van der Waals surface area contributed by atoms with E-state index >= 15 is 0 Å². The second kappa shape index (κ2) is 8.65. The van der Waals surface area contributed by atoms with Crippen molar-refractivity contribution in [2.24, 2.45) is 0 Å². The van der Waals surface area contributed by atoms with Crippen molar-refractivity contribution in [1.29, 1.82) is 0 Å². The maximum Gasteiger partial charge on any atom is 0.127 e. The Morgan fingerprint density at radius 1 is 1.33 bits per heavy atom. The summed E-state index contributed by atoms with van der Waals surface area (Å²) in [6, 6.07) is 6.81. The molecule has 1 aromatic rings. The summed E-state index contributed by atoms with van der Waals surface area (Å²) in [4.78, 5) is 0. The van der Waals surface area contributed by atoms with Crippen molar-refractivity contribution in [3.8, 4) is 0 Å². The van der Waals surface area contributed by atoms with E-state index in [9.17, 15) is 4.39 Å². The molecule has 0 aliphatic carbocycles. The summed E-state index contributed by atoms with van der Waals surface area (Å²) < 4.78 is 18.0. The van der Waals surface area contributed by atoms with Gasteiger partial charge >= 0.3 is 0 Å². The van der Waals surface area contributed by atoms with Gasteiger partial charge in [-0.05, 0) is 19.0 Å². The molecule has 0 saturated carbocycles. The standard InChI is InChI=1S/C11H16FNO.ClH/c1-14-8-4-7-13-9-10-5-2-3-6-11(10)12;/h2-3,5-6,13H,4,7-9H2,1H3;1H. The largest absolute Gasteiger partial charge is 0.385 e. The molecule has 0 unspecified atom stereocenters. The van der Waals surface area contributed by atoms with E-state index in [1.54, 1.807) is 19.2 Å². The predicted octanol–water partition coefficient (Wildman–Crippen LogP) is 2.37. The van der Waals surface area contributed by atoms with Gasteiger partial charge in [-0.3, -0.25) is 0 Å². The smallest absolute Gasteiger partial charge is 0.127 e. The minimum atomic E-state index is -0.147. The molecule has 0 atom stereocenters. The summed E-state index contributed by atoms with van der Waals surface area (Å²) >= 11 is 0. The van der Waals surface area contributed by atoms with E-state index in [0.717, 1.165) is 19.6 Å². The Bertz CT molecular complexity index is 271. The van der Waals surface area contributed by atoms with E-state index in [2.05, 4.69) is 5.32 Å². The van der Waals surface area contributed by atoms with Gasteiger partial charge in [0.25, 0.3) is 0 Å². The fourth-order valence-corrected chi connectivity index (χ4v) is 1.21. The van der Waals surface area contributed by atoms with Crippen LogP contribution in [0.2, 0.25) is 0 Å². The van der Waals surface area contributed by atoms with Crippen molar-refractivity contribution in [2.45, 2.75) is 13.0 Å². The Morgan fingerprint density at radius 3 is 2.73 bits per heavy atom. The number of methoxy groups -OCH3 is 1. The first-order valence-electron chi connectivity index (χ1n) is 4.77. The van der Waals surface area contributed by atoms with Gasteiger partial charge in [-0.25, -0.2) is 4.39 Å². The van der Waals surface area contributed by atoms with E-state index < -0.39 is 0 Å². The number of halogens is 2. The quantitative estimate of drug-likeness (QED) is 0.762. The van der Waals surface area contributed by atoms with Crippen LogP contribution in [0, 0.1) is 5.82 Å². The molecule has 0 radical (unpaired) electrons. The van der Waals surface area contributed by atoms with Crippen LogP contribution in [0.3, 0.4) is 0 Å². The molecule has 2 nitrogen and oxygen atoms in total. The summed E-state index contributed by atoms with van der Waals surface area (Å²) in [5, 5.41) is 3.16. The van der Waals surface area contributed by atoms with Crippen molar-refractivity contribution in [3.63, 3.8) is 0 Å². The molecule has 0 spiro atoms. The molecule has 15 heavy (non-hydrogen) atoms. The van der Waals surface area contributed by atoms with Gasteiger partial charge in [0.2, 0.25) is 0 Å². The molecule has 1 aromatic carbocycles. The number of benzene rings is 1. The first-order valence-corrected chi connectivity index (χ1v) is 4.77. The number of hydrogen-bond acceptors (Lipinski definition) is 2. The Hall–Kier alpha value is -0.640. The van der Waals surface area contributed by atoms with Crippen LogP contribution in [-0.2, 0) is 11.3 Å². The molecular formula is C11H17ClFNO. The first kappa shape index (κ1) is 14.4. The van der Waals surface area contributed by atoms with E-state index in [-0.39, 0.29) is 18.2 Å². The molecule has 0 aliphatic heterocycles. The lowest BCUT2D eigenvalue weighted by Gasteiger charge is -2.05.